The fraction of sp³-hybridized carbons (Fsp3) is 0.526. The van der Waals surface area contributed by atoms with Crippen LogP contribution in [-0.2, 0) is 0 Å². The van der Waals surface area contributed by atoms with Crippen molar-refractivity contribution >= 4 is 41.8 Å². The highest BCUT2D eigenvalue weighted by atomic mass is 127. The van der Waals surface area contributed by atoms with Crippen LogP contribution >= 0.6 is 24.0 Å². The molecule has 2 N–H and O–H groups in total. The first-order valence-corrected chi connectivity index (χ1v) is 9.00. The molecule has 1 unspecified atom stereocenters. The quantitative estimate of drug-likeness (QED) is 0.201. The molecular weight excluding hydrogens is 443 g/mol. The molecule has 1 aromatic rings. The number of nitrogens with one attached hydrogen (secondary N) is 2. The molecular formula is C19H29IN4O2. The molecule has 0 radical (unpaired) electrons. The molecule has 1 aliphatic heterocycles. The average molecular weight is 472 g/mol. The molecule has 26 heavy (non-hydrogen) atoms. The number of fused-ring (bicyclic) bond motifs is 1. The zero-order chi connectivity index (χ0) is 18.2. The minimum atomic E-state index is -0.224. The number of rotatable bonds is 8. The Morgan fingerprint density at radius 1 is 1.15 bits per heavy atom. The van der Waals surface area contributed by atoms with E-state index in [-0.39, 0.29) is 35.8 Å². The van der Waals surface area contributed by atoms with E-state index in [9.17, 15) is 9.59 Å². The van der Waals surface area contributed by atoms with Crippen molar-refractivity contribution in [2.45, 2.75) is 45.6 Å². The number of hydrogen-bond acceptors (Lipinski definition) is 3. The third kappa shape index (κ3) is 5.69. The first-order chi connectivity index (χ1) is 12.1. The monoisotopic (exact) mass is 472 g/mol. The van der Waals surface area contributed by atoms with Gasteiger partial charge in [0.1, 0.15) is 0 Å². The lowest BCUT2D eigenvalue weighted by Crippen LogP contribution is -2.45. The van der Waals surface area contributed by atoms with Gasteiger partial charge in [-0.1, -0.05) is 38.3 Å². The zero-order valence-electron chi connectivity index (χ0n) is 15.7. The van der Waals surface area contributed by atoms with Gasteiger partial charge in [-0.2, -0.15) is 0 Å². The molecule has 0 spiro atoms. The number of benzene rings is 1. The molecule has 2 amide bonds. The Morgan fingerprint density at radius 2 is 1.77 bits per heavy atom. The van der Waals surface area contributed by atoms with Gasteiger partial charge in [0.15, 0.2) is 5.96 Å². The topological polar surface area (TPSA) is 73.8 Å². The maximum absolute atomic E-state index is 12.3. The molecule has 0 aromatic heterocycles. The van der Waals surface area contributed by atoms with Crippen LogP contribution in [0.15, 0.2) is 29.3 Å². The standard InChI is InChI=1S/C19H28N4O2.HI/c1-4-5-6-9-14(2)22-19(20-3)21-12-13-23-17(24)15-10-7-8-11-16(15)18(23)25;/h7-8,10-11,14H,4-6,9,12-13H2,1-3H3,(H2,20,21,22);1H. The number of guanidine groups is 1. The number of unbranched alkanes of at least 4 members (excludes halogenated alkanes) is 2. The van der Waals surface area contributed by atoms with Crippen molar-refractivity contribution < 1.29 is 9.59 Å². The molecule has 0 aliphatic carbocycles. The van der Waals surface area contributed by atoms with E-state index in [1.807, 2.05) is 0 Å². The Hall–Kier alpha value is -1.64. The van der Waals surface area contributed by atoms with Crippen molar-refractivity contribution in [2.75, 3.05) is 20.1 Å². The first kappa shape index (κ1) is 22.4. The maximum atomic E-state index is 12.3. The van der Waals surface area contributed by atoms with E-state index in [4.69, 9.17) is 0 Å². The summed E-state index contributed by atoms with van der Waals surface area (Å²) in [6.45, 7) is 5.11. The van der Waals surface area contributed by atoms with Gasteiger partial charge in [-0.05, 0) is 25.5 Å². The Labute approximate surface area is 172 Å². The lowest BCUT2D eigenvalue weighted by molar-refractivity contribution is 0.0657. The second kappa shape index (κ2) is 11.2. The number of aliphatic imine (C=N–C) groups is 1. The van der Waals surface area contributed by atoms with E-state index in [0.29, 0.717) is 36.2 Å². The number of halogens is 1. The summed E-state index contributed by atoms with van der Waals surface area (Å²) < 4.78 is 0. The van der Waals surface area contributed by atoms with Gasteiger partial charge in [0.25, 0.3) is 11.8 Å². The highest BCUT2D eigenvalue weighted by Crippen LogP contribution is 2.21. The Bertz CT molecular complexity index is 613. The van der Waals surface area contributed by atoms with Gasteiger partial charge in [-0.3, -0.25) is 19.5 Å². The molecule has 1 heterocycles. The average Bonchev–Trinajstić information content (AvgIpc) is 2.86. The van der Waals surface area contributed by atoms with E-state index in [1.165, 1.54) is 24.2 Å². The Kier molecular flexibility index (Phi) is 9.61. The lowest BCUT2D eigenvalue weighted by Gasteiger charge is -2.19. The Morgan fingerprint density at radius 3 is 2.31 bits per heavy atom. The van der Waals surface area contributed by atoms with Crippen molar-refractivity contribution in [1.29, 1.82) is 0 Å². The van der Waals surface area contributed by atoms with Crippen molar-refractivity contribution in [2.24, 2.45) is 4.99 Å². The van der Waals surface area contributed by atoms with Crippen LogP contribution in [0.4, 0.5) is 0 Å². The van der Waals surface area contributed by atoms with Gasteiger partial charge in [0, 0.05) is 26.2 Å². The summed E-state index contributed by atoms with van der Waals surface area (Å²) in [5.74, 6) is 0.247. The summed E-state index contributed by atoms with van der Waals surface area (Å²) in [6.07, 6.45) is 4.72. The third-order valence-corrected chi connectivity index (χ3v) is 4.35. The fourth-order valence-electron chi connectivity index (χ4n) is 2.93. The van der Waals surface area contributed by atoms with Gasteiger partial charge in [0.2, 0.25) is 0 Å². The number of nitrogens with zero attached hydrogens (tertiary/aromatic N) is 2. The SMILES string of the molecule is CCCCCC(C)NC(=NC)NCCN1C(=O)c2ccccc2C1=O.I. The minimum Gasteiger partial charge on any atom is -0.355 e. The Balaban J connectivity index is 0.00000338. The molecule has 1 aromatic carbocycles. The largest absolute Gasteiger partial charge is 0.355 e. The van der Waals surface area contributed by atoms with Crippen LogP contribution in [-0.4, -0.2) is 48.9 Å². The predicted octanol–water partition coefficient (Wildman–Crippen LogP) is 3.03. The van der Waals surface area contributed by atoms with Crippen LogP contribution in [0.2, 0.25) is 0 Å². The summed E-state index contributed by atoms with van der Waals surface area (Å²) in [4.78, 5) is 30.1. The van der Waals surface area contributed by atoms with E-state index in [0.717, 1.165) is 6.42 Å². The second-order valence-corrected chi connectivity index (χ2v) is 6.35. The first-order valence-electron chi connectivity index (χ1n) is 9.00. The van der Waals surface area contributed by atoms with Gasteiger partial charge in [-0.15, -0.1) is 24.0 Å². The summed E-state index contributed by atoms with van der Waals surface area (Å²) in [5, 5.41) is 6.52. The number of imide groups is 1. The van der Waals surface area contributed by atoms with Crippen LogP contribution in [0.3, 0.4) is 0 Å². The van der Waals surface area contributed by atoms with Crippen LogP contribution < -0.4 is 10.6 Å². The number of hydrogen-bond donors (Lipinski definition) is 2. The molecule has 1 atom stereocenters. The molecule has 1 aliphatic rings. The molecule has 0 bridgehead atoms. The van der Waals surface area contributed by atoms with E-state index in [1.54, 1.807) is 31.3 Å². The molecule has 6 nitrogen and oxygen atoms in total. The minimum absolute atomic E-state index is 0. The van der Waals surface area contributed by atoms with Crippen molar-refractivity contribution in [3.63, 3.8) is 0 Å². The van der Waals surface area contributed by atoms with E-state index < -0.39 is 0 Å². The van der Waals surface area contributed by atoms with Gasteiger partial charge in [0.05, 0.1) is 11.1 Å². The second-order valence-electron chi connectivity index (χ2n) is 6.35. The van der Waals surface area contributed by atoms with Gasteiger partial charge < -0.3 is 10.6 Å². The highest BCUT2D eigenvalue weighted by molar-refractivity contribution is 14.0. The molecule has 0 saturated heterocycles. The maximum Gasteiger partial charge on any atom is 0.261 e. The van der Waals surface area contributed by atoms with Crippen LogP contribution in [0.1, 0.15) is 60.2 Å². The summed E-state index contributed by atoms with van der Waals surface area (Å²) in [5.41, 5.74) is 0.971. The third-order valence-electron chi connectivity index (χ3n) is 4.35. The molecule has 2 rings (SSSR count). The normalized spacial score (nSPS) is 14.7. The summed E-state index contributed by atoms with van der Waals surface area (Å²) >= 11 is 0. The molecule has 0 saturated carbocycles. The van der Waals surface area contributed by atoms with Gasteiger partial charge >= 0.3 is 0 Å². The number of amides is 2. The number of carbonyl (C=O) groups is 2. The fourth-order valence-corrected chi connectivity index (χ4v) is 2.93. The van der Waals surface area contributed by atoms with Crippen molar-refractivity contribution in [1.82, 2.24) is 15.5 Å². The highest BCUT2D eigenvalue weighted by Gasteiger charge is 2.34. The molecule has 7 heteroatoms. The van der Waals surface area contributed by atoms with Crippen molar-refractivity contribution in [3.05, 3.63) is 35.4 Å². The predicted molar refractivity (Wildman–Crippen MR) is 115 cm³/mol. The zero-order valence-corrected chi connectivity index (χ0v) is 18.1. The van der Waals surface area contributed by atoms with Crippen LogP contribution in [0.5, 0.6) is 0 Å². The lowest BCUT2D eigenvalue weighted by atomic mass is 10.1. The van der Waals surface area contributed by atoms with E-state index >= 15 is 0 Å². The smallest absolute Gasteiger partial charge is 0.261 e. The van der Waals surface area contributed by atoms with Crippen LogP contribution in [0, 0.1) is 0 Å². The number of carbonyl (C=O) groups excluding carboxylic acids is 2. The van der Waals surface area contributed by atoms with Crippen molar-refractivity contribution in [3.8, 4) is 0 Å². The van der Waals surface area contributed by atoms with Crippen LogP contribution in [0.25, 0.3) is 0 Å². The summed E-state index contributed by atoms with van der Waals surface area (Å²) in [6, 6.07) is 7.27. The van der Waals surface area contributed by atoms with Gasteiger partial charge in [-0.25, -0.2) is 0 Å². The summed E-state index contributed by atoms with van der Waals surface area (Å²) in [7, 11) is 1.72. The molecule has 0 fully saturated rings. The molecule has 144 valence electrons. The van der Waals surface area contributed by atoms with E-state index in [2.05, 4.69) is 29.5 Å².